The minimum absolute atomic E-state index is 0.179. The minimum Gasteiger partial charge on any atom is -0.495 e. The van der Waals surface area contributed by atoms with Gasteiger partial charge in [0.15, 0.2) is 0 Å². The number of ether oxygens (including phenoxy) is 1. The van der Waals surface area contributed by atoms with E-state index in [1.807, 2.05) is 62.5 Å². The third kappa shape index (κ3) is 6.59. The van der Waals surface area contributed by atoms with Crippen LogP contribution in [0.5, 0.6) is 5.75 Å². The molecule has 0 unspecified atom stereocenters. The van der Waals surface area contributed by atoms with Gasteiger partial charge in [0, 0.05) is 33.2 Å². The zero-order chi connectivity index (χ0) is 27.8. The standard InChI is InChI=1S/C24H29N5O3.C2H2O4/c1-18-23(24(31)29(26(18)2)19-9-5-4-6-10-19)25-22(30)17-27-13-15-28(16-14-27)20-11-7-8-12-21(20)32-3;3-1(4)2(5)6/h4-12H,13-17H2,1-3H3,(H,25,30);(H,3,4)(H,5,6). The predicted octanol–water partition coefficient (Wildman–Crippen LogP) is 1.41. The topological polar surface area (TPSA) is 146 Å². The maximum absolute atomic E-state index is 13.0. The van der Waals surface area contributed by atoms with Crippen LogP contribution in [0.15, 0.2) is 59.4 Å². The Labute approximate surface area is 219 Å². The SMILES string of the molecule is COc1ccccc1N1CCN(CC(=O)Nc2c(C)n(C)n(-c3ccccc3)c2=O)CC1.O=C(O)C(=O)O. The molecule has 0 bridgehead atoms. The van der Waals surface area contributed by atoms with Crippen LogP contribution >= 0.6 is 0 Å². The first-order valence-electron chi connectivity index (χ1n) is 11.8. The van der Waals surface area contributed by atoms with Crippen LogP contribution in [0.25, 0.3) is 5.69 Å². The van der Waals surface area contributed by atoms with Crippen molar-refractivity contribution in [2.24, 2.45) is 7.05 Å². The molecule has 0 aliphatic carbocycles. The molecule has 0 radical (unpaired) electrons. The predicted molar refractivity (Wildman–Crippen MR) is 141 cm³/mol. The van der Waals surface area contributed by atoms with E-state index >= 15 is 0 Å². The van der Waals surface area contributed by atoms with Crippen molar-refractivity contribution < 1.29 is 29.3 Å². The third-order valence-corrected chi connectivity index (χ3v) is 6.17. The zero-order valence-electron chi connectivity index (χ0n) is 21.5. The summed E-state index contributed by atoms with van der Waals surface area (Å²) in [5.74, 6) is -2.97. The van der Waals surface area contributed by atoms with Gasteiger partial charge in [-0.2, -0.15) is 0 Å². The summed E-state index contributed by atoms with van der Waals surface area (Å²) in [5.41, 5.74) is 2.64. The fraction of sp³-hybridized carbons (Fsp3) is 0.308. The van der Waals surface area contributed by atoms with E-state index < -0.39 is 11.9 Å². The highest BCUT2D eigenvalue weighted by Crippen LogP contribution is 2.28. The number of benzene rings is 2. The zero-order valence-corrected chi connectivity index (χ0v) is 21.5. The Morgan fingerprint density at radius 1 is 0.921 bits per heavy atom. The lowest BCUT2D eigenvalue weighted by Crippen LogP contribution is -2.48. The number of nitrogens with zero attached hydrogens (tertiary/aromatic N) is 4. The molecule has 4 rings (SSSR count). The second kappa shape index (κ2) is 12.6. The first kappa shape index (κ1) is 28.0. The van der Waals surface area contributed by atoms with Gasteiger partial charge < -0.3 is 25.2 Å². The molecular weight excluding hydrogens is 494 g/mol. The molecule has 1 aliphatic heterocycles. The Balaban J connectivity index is 0.000000599. The highest BCUT2D eigenvalue weighted by atomic mass is 16.5. The summed E-state index contributed by atoms with van der Waals surface area (Å²) in [6.07, 6.45) is 0. The maximum Gasteiger partial charge on any atom is 0.414 e. The van der Waals surface area contributed by atoms with E-state index in [2.05, 4.69) is 21.2 Å². The Morgan fingerprint density at radius 3 is 2.08 bits per heavy atom. The molecule has 38 heavy (non-hydrogen) atoms. The fourth-order valence-electron chi connectivity index (χ4n) is 4.13. The van der Waals surface area contributed by atoms with Gasteiger partial charge in [0.25, 0.3) is 5.56 Å². The van der Waals surface area contributed by atoms with Crippen LogP contribution in [0.1, 0.15) is 5.69 Å². The lowest BCUT2D eigenvalue weighted by atomic mass is 10.2. The number of aliphatic carboxylic acids is 2. The molecule has 12 nitrogen and oxygen atoms in total. The van der Waals surface area contributed by atoms with Gasteiger partial charge in [-0.25, -0.2) is 14.3 Å². The summed E-state index contributed by atoms with van der Waals surface area (Å²) >= 11 is 0. The molecule has 1 aromatic heterocycles. The number of para-hydroxylation sites is 3. The largest absolute Gasteiger partial charge is 0.495 e. The summed E-state index contributed by atoms with van der Waals surface area (Å²) in [7, 11) is 3.49. The van der Waals surface area contributed by atoms with Crippen LogP contribution in [0, 0.1) is 6.92 Å². The van der Waals surface area contributed by atoms with E-state index in [0.29, 0.717) is 11.4 Å². The van der Waals surface area contributed by atoms with Crippen molar-refractivity contribution in [3.8, 4) is 11.4 Å². The van der Waals surface area contributed by atoms with Gasteiger partial charge in [0.05, 0.1) is 30.7 Å². The number of nitrogens with one attached hydrogen (secondary N) is 1. The van der Waals surface area contributed by atoms with Gasteiger partial charge >= 0.3 is 11.9 Å². The number of carbonyl (C=O) groups excluding carboxylic acids is 1. The molecule has 202 valence electrons. The number of hydrogen-bond acceptors (Lipinski definition) is 7. The number of anilines is 2. The van der Waals surface area contributed by atoms with Gasteiger partial charge in [-0.05, 0) is 31.2 Å². The van der Waals surface area contributed by atoms with Crippen LogP contribution in [0.4, 0.5) is 11.4 Å². The molecule has 1 saturated heterocycles. The van der Waals surface area contributed by atoms with E-state index in [1.165, 1.54) is 0 Å². The number of hydrogen-bond donors (Lipinski definition) is 3. The first-order chi connectivity index (χ1) is 18.1. The molecular formula is C26H31N5O7. The van der Waals surface area contributed by atoms with Gasteiger partial charge in [-0.15, -0.1) is 0 Å². The minimum atomic E-state index is -1.82. The molecule has 1 amide bonds. The summed E-state index contributed by atoms with van der Waals surface area (Å²) in [6, 6.07) is 17.4. The first-order valence-corrected chi connectivity index (χ1v) is 11.8. The number of aromatic nitrogens is 2. The van der Waals surface area contributed by atoms with Crippen molar-refractivity contribution in [2.45, 2.75) is 6.92 Å². The average Bonchev–Trinajstić information content (AvgIpc) is 3.12. The van der Waals surface area contributed by atoms with Crippen LogP contribution in [-0.4, -0.2) is 82.2 Å². The van der Waals surface area contributed by atoms with Crippen LogP contribution in [0.2, 0.25) is 0 Å². The van der Waals surface area contributed by atoms with Crippen molar-refractivity contribution in [3.05, 3.63) is 70.6 Å². The lowest BCUT2D eigenvalue weighted by Gasteiger charge is -2.36. The molecule has 3 aromatic rings. The molecule has 2 heterocycles. The van der Waals surface area contributed by atoms with Gasteiger partial charge in [0.2, 0.25) is 5.91 Å². The fourth-order valence-corrected chi connectivity index (χ4v) is 4.13. The summed E-state index contributed by atoms with van der Waals surface area (Å²) in [4.78, 5) is 48.3. The van der Waals surface area contributed by atoms with Gasteiger partial charge in [0.1, 0.15) is 11.4 Å². The summed E-state index contributed by atoms with van der Waals surface area (Å²) in [6.45, 7) is 5.21. The summed E-state index contributed by atoms with van der Waals surface area (Å²) < 4.78 is 8.80. The van der Waals surface area contributed by atoms with Crippen molar-refractivity contribution >= 4 is 29.2 Å². The number of rotatable bonds is 6. The molecule has 0 saturated carbocycles. The number of methoxy groups -OCH3 is 1. The molecule has 0 atom stereocenters. The average molecular weight is 526 g/mol. The highest BCUT2D eigenvalue weighted by molar-refractivity contribution is 6.27. The normalized spacial score (nSPS) is 13.3. The van der Waals surface area contributed by atoms with Crippen LogP contribution < -0.4 is 20.5 Å². The van der Waals surface area contributed by atoms with E-state index in [1.54, 1.807) is 16.5 Å². The summed E-state index contributed by atoms with van der Waals surface area (Å²) in [5, 5.41) is 17.6. The number of carbonyl (C=O) groups is 3. The van der Waals surface area contributed by atoms with Crippen molar-refractivity contribution in [1.29, 1.82) is 0 Å². The number of carboxylic acid groups (broad SMARTS) is 2. The number of amides is 1. The number of piperazine rings is 1. The highest BCUT2D eigenvalue weighted by Gasteiger charge is 2.23. The lowest BCUT2D eigenvalue weighted by molar-refractivity contribution is -0.159. The second-order valence-electron chi connectivity index (χ2n) is 8.53. The quantitative estimate of drug-likeness (QED) is 0.407. The van der Waals surface area contributed by atoms with E-state index in [9.17, 15) is 9.59 Å². The van der Waals surface area contributed by atoms with Crippen molar-refractivity contribution in [2.75, 3.05) is 50.1 Å². The smallest absolute Gasteiger partial charge is 0.414 e. The molecule has 1 aliphatic rings. The van der Waals surface area contributed by atoms with Crippen LogP contribution in [0.3, 0.4) is 0 Å². The molecule has 12 heteroatoms. The Bertz CT molecular complexity index is 1330. The Kier molecular flexibility index (Phi) is 9.28. The van der Waals surface area contributed by atoms with Crippen LogP contribution in [-0.2, 0) is 21.4 Å². The van der Waals surface area contributed by atoms with Crippen molar-refractivity contribution in [3.63, 3.8) is 0 Å². The molecule has 3 N–H and O–H groups in total. The maximum atomic E-state index is 13.0. The number of carboxylic acids is 2. The van der Waals surface area contributed by atoms with Crippen molar-refractivity contribution in [1.82, 2.24) is 14.3 Å². The monoisotopic (exact) mass is 525 g/mol. The Hall–Kier alpha value is -4.58. The van der Waals surface area contributed by atoms with E-state index in [4.69, 9.17) is 24.5 Å². The van der Waals surface area contributed by atoms with Gasteiger partial charge in [-0.3, -0.25) is 19.2 Å². The molecule has 1 fully saturated rings. The molecule has 2 aromatic carbocycles. The second-order valence-corrected chi connectivity index (χ2v) is 8.53. The Morgan fingerprint density at radius 2 is 1.50 bits per heavy atom. The van der Waals surface area contributed by atoms with E-state index in [0.717, 1.165) is 43.3 Å². The molecule has 0 spiro atoms. The van der Waals surface area contributed by atoms with E-state index in [-0.39, 0.29) is 18.0 Å². The third-order valence-electron chi connectivity index (χ3n) is 6.17. The van der Waals surface area contributed by atoms with Gasteiger partial charge in [-0.1, -0.05) is 30.3 Å².